The fourth-order valence-corrected chi connectivity index (χ4v) is 2.83. The van der Waals surface area contributed by atoms with Crippen LogP contribution in [0.25, 0.3) is 0 Å². The van der Waals surface area contributed by atoms with Gasteiger partial charge in [-0.15, -0.1) is 0 Å². The molecule has 1 aromatic carbocycles. The molecule has 1 heterocycles. The molecule has 0 radical (unpaired) electrons. The van der Waals surface area contributed by atoms with Crippen molar-refractivity contribution >= 4 is 6.03 Å². The third-order valence-electron chi connectivity index (χ3n) is 4.45. The number of urea groups is 1. The molecule has 0 saturated carbocycles. The number of carbonyl (C=O) groups excluding carboxylic acids is 1. The summed E-state index contributed by atoms with van der Waals surface area (Å²) in [5.41, 5.74) is 2.90. The number of hydrogen-bond acceptors (Lipinski definition) is 2. The van der Waals surface area contributed by atoms with Gasteiger partial charge in [0.1, 0.15) is 0 Å². The van der Waals surface area contributed by atoms with Gasteiger partial charge in [0.2, 0.25) is 0 Å². The minimum atomic E-state index is -0.0783. The summed E-state index contributed by atoms with van der Waals surface area (Å²) in [5.74, 6) is 0. The first kappa shape index (κ1) is 17.8. The molecule has 4 nitrogen and oxygen atoms in total. The van der Waals surface area contributed by atoms with Crippen molar-refractivity contribution < 1.29 is 4.79 Å². The zero-order chi connectivity index (χ0) is 17.1. The van der Waals surface area contributed by atoms with Gasteiger partial charge in [-0.3, -0.25) is 4.90 Å². The van der Waals surface area contributed by atoms with Crippen LogP contribution in [0.4, 0.5) is 4.79 Å². The number of fused-ring (bicyclic) bond motifs is 1. The minimum absolute atomic E-state index is 0.0629. The number of carbonyl (C=O) groups is 1. The van der Waals surface area contributed by atoms with Crippen molar-refractivity contribution in [2.24, 2.45) is 5.41 Å². The van der Waals surface area contributed by atoms with E-state index in [0.717, 1.165) is 19.5 Å². The monoisotopic (exact) mass is 317 g/mol. The van der Waals surface area contributed by atoms with Crippen LogP contribution < -0.4 is 10.6 Å². The fourth-order valence-electron chi connectivity index (χ4n) is 2.83. The van der Waals surface area contributed by atoms with E-state index in [1.807, 2.05) is 0 Å². The molecule has 0 aromatic heterocycles. The molecule has 1 aliphatic heterocycles. The molecule has 0 unspecified atom stereocenters. The fraction of sp³-hybridized carbons (Fsp3) is 0.632. The summed E-state index contributed by atoms with van der Waals surface area (Å²) in [7, 11) is 0. The van der Waals surface area contributed by atoms with Crippen molar-refractivity contribution in [2.45, 2.75) is 53.1 Å². The molecule has 0 fully saturated rings. The SMILES string of the molecule is CC(C)(C)CNC(=O)NCC(C)(C)N1CCc2ccccc2C1. The van der Waals surface area contributed by atoms with Gasteiger partial charge in [0.25, 0.3) is 0 Å². The van der Waals surface area contributed by atoms with Crippen LogP contribution in [0, 0.1) is 5.41 Å². The molecule has 0 aliphatic carbocycles. The van der Waals surface area contributed by atoms with Gasteiger partial charge in [0.15, 0.2) is 0 Å². The lowest BCUT2D eigenvalue weighted by atomic mass is 9.94. The Balaban J connectivity index is 1.86. The van der Waals surface area contributed by atoms with E-state index in [1.54, 1.807) is 0 Å². The summed E-state index contributed by atoms with van der Waals surface area (Å²) in [6.45, 7) is 14.0. The Kier molecular flexibility index (Phi) is 5.35. The molecule has 4 heteroatoms. The van der Waals surface area contributed by atoms with Crippen molar-refractivity contribution in [3.63, 3.8) is 0 Å². The third kappa shape index (κ3) is 5.24. The van der Waals surface area contributed by atoms with Crippen LogP contribution in [-0.4, -0.2) is 36.1 Å². The maximum absolute atomic E-state index is 12.0. The molecule has 1 aliphatic rings. The lowest BCUT2D eigenvalue weighted by molar-refractivity contribution is 0.104. The van der Waals surface area contributed by atoms with Crippen LogP contribution in [0.3, 0.4) is 0 Å². The van der Waals surface area contributed by atoms with Gasteiger partial charge >= 0.3 is 6.03 Å². The second-order valence-electron chi connectivity index (χ2n) is 8.35. The van der Waals surface area contributed by atoms with Crippen molar-refractivity contribution in [3.8, 4) is 0 Å². The molecule has 0 bridgehead atoms. The Morgan fingerprint density at radius 1 is 1.04 bits per heavy atom. The van der Waals surface area contributed by atoms with Gasteiger partial charge in [-0.25, -0.2) is 4.79 Å². The summed E-state index contributed by atoms with van der Waals surface area (Å²) in [4.78, 5) is 14.4. The first-order valence-corrected chi connectivity index (χ1v) is 8.51. The molecule has 0 atom stereocenters. The van der Waals surface area contributed by atoms with Crippen LogP contribution in [-0.2, 0) is 13.0 Å². The number of nitrogens with one attached hydrogen (secondary N) is 2. The molecule has 23 heavy (non-hydrogen) atoms. The first-order valence-electron chi connectivity index (χ1n) is 8.51. The summed E-state index contributed by atoms with van der Waals surface area (Å²) in [6, 6.07) is 8.57. The van der Waals surface area contributed by atoms with E-state index in [2.05, 4.69) is 74.4 Å². The highest BCUT2D eigenvalue weighted by Gasteiger charge is 2.30. The highest BCUT2D eigenvalue weighted by Crippen LogP contribution is 2.24. The molecular formula is C19H31N3O. The van der Waals surface area contributed by atoms with Gasteiger partial charge in [0.05, 0.1) is 0 Å². The Morgan fingerprint density at radius 2 is 1.65 bits per heavy atom. The Bertz CT molecular complexity index is 546. The maximum atomic E-state index is 12.0. The standard InChI is InChI=1S/C19H31N3O/c1-18(2,3)13-20-17(23)21-14-19(4,5)22-11-10-15-8-6-7-9-16(15)12-22/h6-9H,10-14H2,1-5H3,(H2,20,21,23). The molecule has 2 amide bonds. The van der Waals surface area contributed by atoms with Crippen LogP contribution in [0.15, 0.2) is 24.3 Å². The van der Waals surface area contributed by atoms with Crippen LogP contribution in [0.2, 0.25) is 0 Å². The zero-order valence-electron chi connectivity index (χ0n) is 15.2. The minimum Gasteiger partial charge on any atom is -0.338 e. The maximum Gasteiger partial charge on any atom is 0.314 e. The lowest BCUT2D eigenvalue weighted by Crippen LogP contribution is -2.54. The van der Waals surface area contributed by atoms with E-state index < -0.39 is 0 Å². The van der Waals surface area contributed by atoms with Crippen molar-refractivity contribution in [1.82, 2.24) is 15.5 Å². The summed E-state index contributed by atoms with van der Waals surface area (Å²) >= 11 is 0. The molecule has 2 rings (SSSR count). The van der Waals surface area contributed by atoms with E-state index >= 15 is 0 Å². The molecular weight excluding hydrogens is 286 g/mol. The van der Waals surface area contributed by atoms with Crippen molar-refractivity contribution in [2.75, 3.05) is 19.6 Å². The van der Waals surface area contributed by atoms with Crippen molar-refractivity contribution in [1.29, 1.82) is 0 Å². The van der Waals surface area contributed by atoms with Crippen molar-refractivity contribution in [3.05, 3.63) is 35.4 Å². The smallest absolute Gasteiger partial charge is 0.314 e. The van der Waals surface area contributed by atoms with E-state index in [4.69, 9.17) is 0 Å². The molecule has 0 saturated heterocycles. The Hall–Kier alpha value is -1.55. The van der Waals surface area contributed by atoms with Gasteiger partial charge in [0, 0.05) is 31.7 Å². The quantitative estimate of drug-likeness (QED) is 0.896. The first-order chi connectivity index (χ1) is 10.7. The largest absolute Gasteiger partial charge is 0.338 e. The third-order valence-corrected chi connectivity index (χ3v) is 4.45. The van der Waals surface area contributed by atoms with Gasteiger partial charge < -0.3 is 10.6 Å². The number of hydrogen-bond donors (Lipinski definition) is 2. The number of benzene rings is 1. The summed E-state index contributed by atoms with van der Waals surface area (Å²) in [5, 5.41) is 5.97. The van der Waals surface area contributed by atoms with E-state index in [9.17, 15) is 4.79 Å². The number of amides is 2. The van der Waals surface area contributed by atoms with Crippen LogP contribution in [0.5, 0.6) is 0 Å². The van der Waals surface area contributed by atoms with Gasteiger partial charge in [-0.05, 0) is 36.8 Å². The summed E-state index contributed by atoms with van der Waals surface area (Å²) < 4.78 is 0. The van der Waals surface area contributed by atoms with E-state index in [1.165, 1.54) is 11.1 Å². The number of rotatable bonds is 4. The molecule has 128 valence electrons. The molecule has 2 N–H and O–H groups in total. The second-order valence-corrected chi connectivity index (χ2v) is 8.35. The van der Waals surface area contributed by atoms with Crippen LogP contribution in [0.1, 0.15) is 45.7 Å². The predicted octanol–water partition coefficient (Wildman–Crippen LogP) is 3.17. The Labute approximate surface area is 140 Å². The Morgan fingerprint density at radius 3 is 2.30 bits per heavy atom. The number of nitrogens with zero attached hydrogens (tertiary/aromatic N) is 1. The van der Waals surface area contributed by atoms with Gasteiger partial charge in [-0.1, -0.05) is 45.0 Å². The highest BCUT2D eigenvalue weighted by atomic mass is 16.2. The lowest BCUT2D eigenvalue weighted by Gasteiger charge is -2.41. The predicted molar refractivity (Wildman–Crippen MR) is 95.5 cm³/mol. The van der Waals surface area contributed by atoms with Crippen LogP contribution >= 0.6 is 0 Å². The molecule has 1 aromatic rings. The van der Waals surface area contributed by atoms with E-state index in [0.29, 0.717) is 13.1 Å². The molecule has 0 spiro atoms. The van der Waals surface area contributed by atoms with E-state index in [-0.39, 0.29) is 17.0 Å². The average Bonchev–Trinajstić information content (AvgIpc) is 2.50. The summed E-state index contributed by atoms with van der Waals surface area (Å²) in [6.07, 6.45) is 1.08. The van der Waals surface area contributed by atoms with Gasteiger partial charge in [-0.2, -0.15) is 0 Å². The topological polar surface area (TPSA) is 44.4 Å². The normalized spacial score (nSPS) is 15.9. The zero-order valence-corrected chi connectivity index (χ0v) is 15.2. The highest BCUT2D eigenvalue weighted by molar-refractivity contribution is 5.73. The average molecular weight is 317 g/mol. The second kappa shape index (κ2) is 6.91.